The number of aliphatic hydroxyl groups is 1. The molecule has 5 nitrogen and oxygen atoms in total. The second kappa shape index (κ2) is 8.93. The summed E-state index contributed by atoms with van der Waals surface area (Å²) in [6.07, 6.45) is 8.59. The largest absolute Gasteiger partial charge is 0.480 e. The summed E-state index contributed by atoms with van der Waals surface area (Å²) in [5.41, 5.74) is 1.29. The molecule has 11 atom stereocenters. The predicted molar refractivity (Wildman–Crippen MR) is 145 cm³/mol. The minimum absolute atomic E-state index is 0.00104. The van der Waals surface area contributed by atoms with E-state index in [0.29, 0.717) is 30.0 Å². The molecular formula is C31H50N2O3. The zero-order chi connectivity index (χ0) is 26.2. The van der Waals surface area contributed by atoms with Crippen LogP contribution in [0.25, 0.3) is 0 Å². The van der Waals surface area contributed by atoms with E-state index in [-0.39, 0.29) is 46.3 Å². The summed E-state index contributed by atoms with van der Waals surface area (Å²) in [6.45, 7) is 14.5. The van der Waals surface area contributed by atoms with Crippen LogP contribution in [0, 0.1) is 45.8 Å². The molecule has 3 saturated carbocycles. The van der Waals surface area contributed by atoms with Crippen molar-refractivity contribution in [2.24, 2.45) is 50.8 Å². The minimum atomic E-state index is -0.351. The van der Waals surface area contributed by atoms with Gasteiger partial charge in [0.25, 0.3) is 0 Å². The van der Waals surface area contributed by atoms with Crippen molar-refractivity contribution in [1.82, 2.24) is 4.90 Å². The number of carbonyl (C=O) groups is 1. The number of hydrogen-bond donors (Lipinski definition) is 1. The molecule has 5 heteroatoms. The Bertz CT molecular complexity index is 957. The second-order valence-corrected chi connectivity index (χ2v) is 14.1. The summed E-state index contributed by atoms with van der Waals surface area (Å²) in [4.78, 5) is 21.3. The fourth-order valence-corrected chi connectivity index (χ4v) is 9.54. The highest BCUT2D eigenvalue weighted by Gasteiger charge is 2.68. The fourth-order valence-electron chi connectivity index (χ4n) is 9.54. The van der Waals surface area contributed by atoms with Crippen LogP contribution in [0.4, 0.5) is 0 Å². The molecule has 0 amide bonds. The summed E-state index contributed by atoms with van der Waals surface area (Å²) in [5, 5.41) is 11.4. The van der Waals surface area contributed by atoms with Gasteiger partial charge in [0, 0.05) is 35.6 Å². The Labute approximate surface area is 219 Å². The van der Waals surface area contributed by atoms with Crippen molar-refractivity contribution in [1.29, 1.82) is 0 Å². The van der Waals surface area contributed by atoms with E-state index < -0.39 is 0 Å². The number of aliphatic imine (C=N–C) groups is 1. The van der Waals surface area contributed by atoms with E-state index >= 15 is 0 Å². The van der Waals surface area contributed by atoms with Crippen molar-refractivity contribution in [3.8, 4) is 0 Å². The first-order chi connectivity index (χ1) is 16.9. The number of ketones is 1. The van der Waals surface area contributed by atoms with Crippen molar-refractivity contribution in [3.05, 3.63) is 11.6 Å². The number of fused-ring (bicyclic) bond motifs is 6. The lowest BCUT2D eigenvalue weighted by Gasteiger charge is -2.56. The first-order valence-corrected chi connectivity index (χ1v) is 14.6. The lowest BCUT2D eigenvalue weighted by atomic mass is 9.48. The number of rotatable bonds is 4. The van der Waals surface area contributed by atoms with Gasteiger partial charge in [-0.2, -0.15) is 0 Å². The zero-order valence-corrected chi connectivity index (χ0v) is 24.0. The van der Waals surface area contributed by atoms with Crippen LogP contribution in [0.3, 0.4) is 0 Å². The Balaban J connectivity index is 1.47. The first kappa shape index (κ1) is 26.4. The predicted octanol–water partition coefficient (Wildman–Crippen LogP) is 5.52. The van der Waals surface area contributed by atoms with Crippen molar-refractivity contribution < 1.29 is 14.6 Å². The number of nitrogens with zero attached hydrogens (tertiary/aromatic N) is 2. The molecule has 0 aromatic carbocycles. The lowest BCUT2D eigenvalue weighted by molar-refractivity contribution is -0.147. The van der Waals surface area contributed by atoms with E-state index in [1.807, 2.05) is 0 Å². The van der Waals surface area contributed by atoms with E-state index in [2.05, 4.69) is 66.6 Å². The summed E-state index contributed by atoms with van der Waals surface area (Å²) in [6, 6.07) is 0.517. The molecule has 1 heterocycles. The average Bonchev–Trinajstić information content (AvgIpc) is 2.95. The van der Waals surface area contributed by atoms with Crippen LogP contribution in [0.15, 0.2) is 16.6 Å². The van der Waals surface area contributed by atoms with Crippen LogP contribution in [0.2, 0.25) is 0 Å². The number of Topliss-reactive ketones (excluding diaryl/α,β-unsaturated/α-hetero) is 1. The maximum absolute atomic E-state index is 13.9. The van der Waals surface area contributed by atoms with Crippen LogP contribution in [-0.2, 0) is 9.53 Å². The van der Waals surface area contributed by atoms with Gasteiger partial charge in [0.15, 0.2) is 5.90 Å². The summed E-state index contributed by atoms with van der Waals surface area (Å²) in [7, 11) is 4.20. The number of carbonyl (C=O) groups excluding carboxylic acids is 1. The SMILES string of the molecule is CCC(C)C1=N[C@H]2CC=C3C[C@H]4C(=O)C[C@]5(C)[C@@H]([C@H](C)N(C)C)[C@H](O)C[C@@]5(C)[C@@H]4CC[C@H]3[C@]2(C)CO1. The molecule has 0 radical (unpaired) electrons. The molecule has 0 saturated heterocycles. The van der Waals surface area contributed by atoms with Gasteiger partial charge in [-0.1, -0.05) is 46.3 Å². The number of ether oxygens (including phenoxy) is 1. The molecule has 36 heavy (non-hydrogen) atoms. The lowest BCUT2D eigenvalue weighted by Crippen LogP contribution is -2.55. The van der Waals surface area contributed by atoms with Crippen molar-refractivity contribution in [3.63, 3.8) is 0 Å². The van der Waals surface area contributed by atoms with Crippen molar-refractivity contribution in [2.45, 2.75) is 105 Å². The zero-order valence-electron chi connectivity index (χ0n) is 24.0. The molecule has 5 rings (SSSR count). The van der Waals surface area contributed by atoms with Gasteiger partial charge in [0.2, 0.25) is 0 Å². The third kappa shape index (κ3) is 3.61. The Morgan fingerprint density at radius 2 is 1.92 bits per heavy atom. The molecule has 202 valence electrons. The van der Waals surface area contributed by atoms with Crippen molar-refractivity contribution in [2.75, 3.05) is 20.7 Å². The van der Waals surface area contributed by atoms with Gasteiger partial charge >= 0.3 is 0 Å². The molecule has 1 N–H and O–H groups in total. The Morgan fingerprint density at radius 1 is 1.19 bits per heavy atom. The fraction of sp³-hybridized carbons (Fsp3) is 0.871. The Morgan fingerprint density at radius 3 is 2.58 bits per heavy atom. The minimum Gasteiger partial charge on any atom is -0.480 e. The van der Waals surface area contributed by atoms with Gasteiger partial charge in [-0.15, -0.1) is 0 Å². The number of allylic oxidation sites excluding steroid dienone is 1. The average molecular weight is 499 g/mol. The van der Waals surface area contributed by atoms with Gasteiger partial charge in [-0.05, 0) is 82.2 Å². The van der Waals surface area contributed by atoms with Crippen LogP contribution >= 0.6 is 0 Å². The first-order valence-electron chi connectivity index (χ1n) is 14.6. The monoisotopic (exact) mass is 498 g/mol. The molecule has 1 unspecified atom stereocenters. The maximum atomic E-state index is 13.9. The van der Waals surface area contributed by atoms with Gasteiger partial charge in [0.1, 0.15) is 5.78 Å². The molecule has 0 aromatic rings. The van der Waals surface area contributed by atoms with Crippen LogP contribution < -0.4 is 0 Å². The smallest absolute Gasteiger partial charge is 0.186 e. The number of aliphatic hydroxyl groups excluding tert-OH is 1. The Kier molecular flexibility index (Phi) is 6.55. The van der Waals surface area contributed by atoms with Crippen LogP contribution in [-0.4, -0.2) is 60.6 Å². The molecule has 3 fully saturated rings. The highest BCUT2D eigenvalue weighted by molar-refractivity contribution is 5.84. The summed E-state index contributed by atoms with van der Waals surface area (Å²) >= 11 is 0. The maximum Gasteiger partial charge on any atom is 0.186 e. The van der Waals surface area contributed by atoms with E-state index in [1.165, 1.54) is 5.57 Å². The molecule has 0 spiro atoms. The van der Waals surface area contributed by atoms with Gasteiger partial charge in [0.05, 0.1) is 18.8 Å². The van der Waals surface area contributed by atoms with Crippen LogP contribution in [0.1, 0.15) is 86.5 Å². The van der Waals surface area contributed by atoms with E-state index in [4.69, 9.17) is 9.73 Å². The molecule has 0 aromatic heterocycles. The summed E-state index contributed by atoms with van der Waals surface area (Å²) in [5.74, 6) is 2.72. The molecular weight excluding hydrogens is 448 g/mol. The van der Waals surface area contributed by atoms with E-state index in [0.717, 1.165) is 51.0 Å². The standard InChI is InChI=1S/C31H50N2O3/c1-9-18(2)28-32-26-13-10-20-14-21-23(12-11-22(20)29(26,4)17-36-28)30(5)16-25(35)27(19(3)33(7)8)31(30,6)15-24(21)34/h10,18-19,21-23,25-27,35H,9,11-17H2,1-8H3/t18?,19-,21+,22+,23+,25+,26-,27-,29-,30-,31+/m0/s1. The molecule has 1 aliphatic heterocycles. The normalized spacial score (nSPS) is 47.9. The Hall–Kier alpha value is -1.20. The highest BCUT2D eigenvalue weighted by atomic mass is 16.5. The molecule has 4 aliphatic carbocycles. The van der Waals surface area contributed by atoms with E-state index in [1.54, 1.807) is 0 Å². The topological polar surface area (TPSA) is 62.1 Å². The summed E-state index contributed by atoms with van der Waals surface area (Å²) < 4.78 is 6.33. The highest BCUT2D eigenvalue weighted by Crippen LogP contribution is 2.69. The van der Waals surface area contributed by atoms with E-state index in [9.17, 15) is 9.90 Å². The van der Waals surface area contributed by atoms with Crippen LogP contribution in [0.5, 0.6) is 0 Å². The molecule has 5 aliphatic rings. The third-order valence-electron chi connectivity index (χ3n) is 12.4. The molecule has 0 bridgehead atoms. The van der Waals surface area contributed by atoms with Gasteiger partial charge in [-0.25, -0.2) is 0 Å². The van der Waals surface area contributed by atoms with Crippen molar-refractivity contribution >= 4 is 11.7 Å². The quantitative estimate of drug-likeness (QED) is 0.519. The van der Waals surface area contributed by atoms with Gasteiger partial charge in [-0.3, -0.25) is 9.79 Å². The second-order valence-electron chi connectivity index (χ2n) is 14.1. The third-order valence-corrected chi connectivity index (χ3v) is 12.4. The number of hydrogen-bond acceptors (Lipinski definition) is 5. The van der Waals surface area contributed by atoms with Gasteiger partial charge < -0.3 is 14.7 Å².